The number of hydrogen-bond donors (Lipinski definition) is 2. The normalized spacial score (nSPS) is 11.2. The fourth-order valence-electron chi connectivity index (χ4n) is 1.04. The van der Waals surface area contributed by atoms with Gasteiger partial charge in [0, 0.05) is 6.07 Å². The number of H-pyrrole nitrogens is 1. The summed E-state index contributed by atoms with van der Waals surface area (Å²) >= 11 is 5.45. The Morgan fingerprint density at radius 1 is 1.22 bits per heavy atom. The molecule has 0 fully saturated rings. The fourth-order valence-corrected chi connectivity index (χ4v) is 2.02. The fraction of sp³-hybridized carbons (Fsp3) is 0. The molecular formula is C8H6ClN5O3S. The van der Waals surface area contributed by atoms with Crippen LogP contribution < -0.4 is 10.3 Å². The van der Waals surface area contributed by atoms with Crippen LogP contribution in [-0.2, 0) is 10.0 Å². The summed E-state index contributed by atoms with van der Waals surface area (Å²) in [6.07, 6.45) is 2.12. The molecule has 0 radical (unpaired) electrons. The molecule has 2 aromatic heterocycles. The monoisotopic (exact) mass is 287 g/mol. The summed E-state index contributed by atoms with van der Waals surface area (Å²) in [6.45, 7) is 0. The lowest BCUT2D eigenvalue weighted by Gasteiger charge is -2.05. The van der Waals surface area contributed by atoms with Gasteiger partial charge < -0.3 is 0 Å². The molecule has 2 aromatic rings. The third kappa shape index (κ3) is 2.81. The van der Waals surface area contributed by atoms with E-state index < -0.39 is 15.6 Å². The summed E-state index contributed by atoms with van der Waals surface area (Å²) in [5.41, 5.74) is -0.437. The molecule has 18 heavy (non-hydrogen) atoms. The number of aromatic nitrogens is 4. The van der Waals surface area contributed by atoms with Gasteiger partial charge in [-0.2, -0.15) is 5.10 Å². The zero-order valence-electron chi connectivity index (χ0n) is 8.66. The first kappa shape index (κ1) is 12.5. The predicted molar refractivity (Wildman–Crippen MR) is 62.7 cm³/mol. The number of rotatable bonds is 3. The van der Waals surface area contributed by atoms with Gasteiger partial charge in [0.15, 0.2) is 5.82 Å². The van der Waals surface area contributed by atoms with Crippen LogP contribution in [-0.4, -0.2) is 28.6 Å². The summed E-state index contributed by atoms with van der Waals surface area (Å²) in [7, 11) is -3.86. The lowest BCUT2D eigenvalue weighted by Crippen LogP contribution is -2.16. The molecule has 10 heteroatoms. The van der Waals surface area contributed by atoms with Crippen molar-refractivity contribution in [2.75, 3.05) is 4.72 Å². The highest BCUT2D eigenvalue weighted by Crippen LogP contribution is 2.11. The molecule has 94 valence electrons. The zero-order valence-corrected chi connectivity index (χ0v) is 10.2. The van der Waals surface area contributed by atoms with Crippen molar-refractivity contribution in [3.63, 3.8) is 0 Å². The SMILES string of the molecule is O=c1ccc(NS(=O)(=O)c2cnc(Cl)nc2)n[nH]1. The van der Waals surface area contributed by atoms with E-state index in [0.29, 0.717) is 0 Å². The molecule has 8 nitrogen and oxygen atoms in total. The van der Waals surface area contributed by atoms with E-state index in [1.54, 1.807) is 0 Å². The van der Waals surface area contributed by atoms with Crippen LogP contribution in [0.4, 0.5) is 5.82 Å². The molecule has 0 aliphatic heterocycles. The van der Waals surface area contributed by atoms with Crippen molar-refractivity contribution >= 4 is 27.4 Å². The Balaban J connectivity index is 2.29. The van der Waals surface area contributed by atoms with E-state index in [0.717, 1.165) is 18.5 Å². The second kappa shape index (κ2) is 4.70. The van der Waals surface area contributed by atoms with E-state index in [9.17, 15) is 13.2 Å². The molecule has 2 heterocycles. The Bertz CT molecular complexity index is 692. The van der Waals surface area contributed by atoms with E-state index in [2.05, 4.69) is 24.9 Å². The van der Waals surface area contributed by atoms with Crippen molar-refractivity contribution < 1.29 is 8.42 Å². The smallest absolute Gasteiger partial charge is 0.266 e. The van der Waals surface area contributed by atoms with Gasteiger partial charge in [-0.3, -0.25) is 9.52 Å². The van der Waals surface area contributed by atoms with Crippen LogP contribution in [0.15, 0.2) is 34.2 Å². The summed E-state index contributed by atoms with van der Waals surface area (Å²) < 4.78 is 25.8. The van der Waals surface area contributed by atoms with Crippen LogP contribution in [0.3, 0.4) is 0 Å². The topological polar surface area (TPSA) is 118 Å². The Morgan fingerprint density at radius 3 is 2.44 bits per heavy atom. The highest BCUT2D eigenvalue weighted by atomic mass is 35.5. The van der Waals surface area contributed by atoms with Crippen molar-refractivity contribution in [1.29, 1.82) is 0 Å². The van der Waals surface area contributed by atoms with Crippen molar-refractivity contribution in [2.45, 2.75) is 4.90 Å². The maximum atomic E-state index is 11.8. The molecular weight excluding hydrogens is 282 g/mol. The predicted octanol–water partition coefficient (Wildman–Crippen LogP) is 0.0141. The molecule has 0 bridgehead atoms. The minimum absolute atomic E-state index is 0.0236. The molecule has 0 aliphatic carbocycles. The first-order valence-electron chi connectivity index (χ1n) is 4.53. The molecule has 0 amide bonds. The molecule has 0 unspecified atom stereocenters. The van der Waals surface area contributed by atoms with E-state index in [1.165, 1.54) is 6.07 Å². The van der Waals surface area contributed by atoms with Crippen LogP contribution in [0.25, 0.3) is 0 Å². The number of halogens is 1. The first-order chi connectivity index (χ1) is 8.47. The zero-order chi connectivity index (χ0) is 13.2. The number of anilines is 1. The molecule has 0 aromatic carbocycles. The maximum Gasteiger partial charge on any atom is 0.266 e. The van der Waals surface area contributed by atoms with Crippen molar-refractivity contribution in [1.82, 2.24) is 20.2 Å². The first-order valence-corrected chi connectivity index (χ1v) is 6.39. The van der Waals surface area contributed by atoms with E-state index in [1.807, 2.05) is 0 Å². The number of nitrogens with one attached hydrogen (secondary N) is 2. The van der Waals surface area contributed by atoms with Gasteiger partial charge in [-0.15, -0.1) is 0 Å². The van der Waals surface area contributed by atoms with Crippen LogP contribution in [0.2, 0.25) is 5.28 Å². The van der Waals surface area contributed by atoms with Crippen LogP contribution in [0, 0.1) is 0 Å². The quantitative estimate of drug-likeness (QED) is 0.768. The number of hydrogen-bond acceptors (Lipinski definition) is 6. The van der Waals surface area contributed by atoms with Gasteiger partial charge in [0.05, 0.1) is 12.4 Å². The van der Waals surface area contributed by atoms with Gasteiger partial charge >= 0.3 is 0 Å². The lowest BCUT2D eigenvalue weighted by molar-refractivity contribution is 0.600. The van der Waals surface area contributed by atoms with E-state index in [-0.39, 0.29) is 16.0 Å². The van der Waals surface area contributed by atoms with Gasteiger partial charge in [-0.05, 0) is 17.7 Å². The minimum Gasteiger partial charge on any atom is -0.268 e. The molecule has 0 saturated carbocycles. The van der Waals surface area contributed by atoms with Gasteiger partial charge in [0.2, 0.25) is 5.28 Å². The standard InChI is InChI=1S/C8H6ClN5O3S/c9-8-10-3-5(4-11-8)18(16,17)14-6-1-2-7(15)13-12-6/h1-4H,(H,12,14)(H,13,15). The number of aromatic amines is 1. The molecule has 2 N–H and O–H groups in total. The maximum absolute atomic E-state index is 11.8. The summed E-state index contributed by atoms with van der Waals surface area (Å²) in [6, 6.07) is 2.37. The van der Waals surface area contributed by atoms with Crippen LogP contribution in [0.1, 0.15) is 0 Å². The second-order valence-electron chi connectivity index (χ2n) is 3.10. The third-order valence-corrected chi connectivity index (χ3v) is 3.33. The highest BCUT2D eigenvalue weighted by molar-refractivity contribution is 7.92. The average Bonchev–Trinajstić information content (AvgIpc) is 2.32. The van der Waals surface area contributed by atoms with E-state index in [4.69, 9.17) is 11.6 Å². The van der Waals surface area contributed by atoms with Crippen molar-refractivity contribution in [2.24, 2.45) is 0 Å². The lowest BCUT2D eigenvalue weighted by atomic mass is 10.5. The average molecular weight is 288 g/mol. The van der Waals surface area contributed by atoms with Gasteiger partial charge in [0.1, 0.15) is 4.90 Å². The summed E-state index contributed by atoms with van der Waals surface area (Å²) in [4.78, 5) is 17.7. The molecule has 0 spiro atoms. The van der Waals surface area contributed by atoms with Crippen molar-refractivity contribution in [3.05, 3.63) is 40.2 Å². The Morgan fingerprint density at radius 2 is 1.89 bits per heavy atom. The van der Waals surface area contributed by atoms with E-state index >= 15 is 0 Å². The Labute approximate surface area is 106 Å². The van der Waals surface area contributed by atoms with Crippen LogP contribution in [0.5, 0.6) is 0 Å². The Kier molecular flexibility index (Phi) is 3.26. The van der Waals surface area contributed by atoms with Crippen molar-refractivity contribution in [3.8, 4) is 0 Å². The van der Waals surface area contributed by atoms with Gasteiger partial charge in [-0.25, -0.2) is 23.5 Å². The van der Waals surface area contributed by atoms with Crippen LogP contribution >= 0.6 is 11.6 Å². The van der Waals surface area contributed by atoms with Gasteiger partial charge in [-0.1, -0.05) is 0 Å². The largest absolute Gasteiger partial charge is 0.268 e. The number of nitrogens with zero attached hydrogens (tertiary/aromatic N) is 3. The Hall–Kier alpha value is -2.00. The van der Waals surface area contributed by atoms with Gasteiger partial charge in [0.25, 0.3) is 15.6 Å². The molecule has 0 saturated heterocycles. The minimum atomic E-state index is -3.86. The molecule has 2 rings (SSSR count). The summed E-state index contributed by atoms with van der Waals surface area (Å²) in [5.74, 6) is -0.0236. The highest BCUT2D eigenvalue weighted by Gasteiger charge is 2.15. The summed E-state index contributed by atoms with van der Waals surface area (Å²) in [5, 5.41) is 5.55. The number of sulfonamides is 1. The molecule has 0 aliphatic rings. The third-order valence-electron chi connectivity index (χ3n) is 1.82. The molecule has 0 atom stereocenters. The second-order valence-corrected chi connectivity index (χ2v) is 5.12.